The lowest BCUT2D eigenvalue weighted by molar-refractivity contribution is -0.384. The van der Waals surface area contributed by atoms with Crippen LogP contribution < -0.4 is 9.50 Å². The summed E-state index contributed by atoms with van der Waals surface area (Å²) in [7, 11) is -3.79. The summed E-state index contributed by atoms with van der Waals surface area (Å²) in [6.45, 7) is 2.72. The third-order valence-electron chi connectivity index (χ3n) is 2.04. The lowest BCUT2D eigenvalue weighted by Gasteiger charge is -2.09. The molecule has 1 N–H and O–H groups in total. The van der Waals surface area contributed by atoms with Gasteiger partial charge in [0.15, 0.2) is 5.75 Å². The van der Waals surface area contributed by atoms with Gasteiger partial charge in [0, 0.05) is 6.92 Å². The highest BCUT2D eigenvalue weighted by molar-refractivity contribution is 7.86. The van der Waals surface area contributed by atoms with Gasteiger partial charge in [0.1, 0.15) is 5.69 Å². The Balaban J connectivity index is 3.36. The fourth-order valence-corrected chi connectivity index (χ4v) is 1.88. The molecule has 0 aliphatic rings. The lowest BCUT2D eigenvalue weighted by atomic mass is 10.1. The van der Waals surface area contributed by atoms with E-state index in [1.807, 2.05) is 0 Å². The zero-order chi connectivity index (χ0) is 14.8. The number of rotatable bonds is 4. The van der Waals surface area contributed by atoms with E-state index in [2.05, 4.69) is 9.50 Å². The molecule has 0 radical (unpaired) electrons. The third kappa shape index (κ3) is 4.21. The summed E-state index contributed by atoms with van der Waals surface area (Å²) in [5, 5.41) is 13.2. The molecular weight excluding hydrogens is 276 g/mol. The van der Waals surface area contributed by atoms with Crippen LogP contribution in [-0.4, -0.2) is 25.5 Å². The SMILES string of the molecule is CC(=O)Nc1cc(C)c(OS(C)(=O)=O)cc1[N+](=O)[O-]. The predicted molar refractivity (Wildman–Crippen MR) is 67.6 cm³/mol. The van der Waals surface area contributed by atoms with Crippen LogP contribution in [0.5, 0.6) is 5.75 Å². The average Bonchev–Trinajstić information content (AvgIpc) is 2.18. The van der Waals surface area contributed by atoms with Gasteiger partial charge in [-0.05, 0) is 18.6 Å². The van der Waals surface area contributed by atoms with Gasteiger partial charge >= 0.3 is 10.1 Å². The molecule has 0 unspecified atom stereocenters. The van der Waals surface area contributed by atoms with Crippen LogP contribution in [-0.2, 0) is 14.9 Å². The molecule has 19 heavy (non-hydrogen) atoms. The van der Waals surface area contributed by atoms with Crippen LogP contribution in [0.3, 0.4) is 0 Å². The van der Waals surface area contributed by atoms with E-state index in [-0.39, 0.29) is 11.4 Å². The quantitative estimate of drug-likeness (QED) is 0.505. The maximum Gasteiger partial charge on any atom is 0.306 e. The molecule has 0 saturated carbocycles. The summed E-state index contributed by atoms with van der Waals surface area (Å²) in [6.07, 6.45) is 0.833. The number of anilines is 1. The van der Waals surface area contributed by atoms with Crippen LogP contribution in [0.25, 0.3) is 0 Å². The fraction of sp³-hybridized carbons (Fsp3) is 0.300. The number of amides is 1. The first kappa shape index (κ1) is 14.9. The fourth-order valence-electron chi connectivity index (χ4n) is 1.37. The summed E-state index contributed by atoms with van der Waals surface area (Å²) < 4.78 is 26.7. The van der Waals surface area contributed by atoms with Crippen molar-refractivity contribution in [3.05, 3.63) is 27.8 Å². The van der Waals surface area contributed by atoms with Crippen LogP contribution in [0.15, 0.2) is 12.1 Å². The number of carbonyl (C=O) groups excluding carboxylic acids is 1. The maximum atomic E-state index is 11.0. The molecule has 1 amide bonds. The number of hydrogen-bond acceptors (Lipinski definition) is 6. The van der Waals surface area contributed by atoms with Crippen molar-refractivity contribution in [2.45, 2.75) is 13.8 Å². The lowest BCUT2D eigenvalue weighted by Crippen LogP contribution is -2.10. The van der Waals surface area contributed by atoms with Crippen molar-refractivity contribution in [3.8, 4) is 5.75 Å². The molecule has 1 rings (SSSR count). The van der Waals surface area contributed by atoms with Crippen LogP contribution in [0.2, 0.25) is 0 Å². The second-order valence-electron chi connectivity index (χ2n) is 3.86. The van der Waals surface area contributed by atoms with E-state index in [9.17, 15) is 23.3 Å². The Morgan fingerprint density at radius 3 is 2.42 bits per heavy atom. The van der Waals surface area contributed by atoms with Crippen molar-refractivity contribution in [2.75, 3.05) is 11.6 Å². The van der Waals surface area contributed by atoms with E-state index in [0.717, 1.165) is 12.3 Å². The highest BCUT2D eigenvalue weighted by Crippen LogP contribution is 2.33. The predicted octanol–water partition coefficient (Wildman–Crippen LogP) is 1.20. The molecule has 1 aromatic carbocycles. The van der Waals surface area contributed by atoms with Gasteiger partial charge in [-0.15, -0.1) is 0 Å². The molecule has 1 aromatic rings. The smallest absolute Gasteiger partial charge is 0.306 e. The Hall–Kier alpha value is -2.16. The normalized spacial score (nSPS) is 10.9. The van der Waals surface area contributed by atoms with Crippen molar-refractivity contribution in [3.63, 3.8) is 0 Å². The van der Waals surface area contributed by atoms with Crippen LogP contribution in [0.4, 0.5) is 11.4 Å². The van der Waals surface area contributed by atoms with Crippen molar-refractivity contribution in [2.24, 2.45) is 0 Å². The second kappa shape index (κ2) is 5.22. The van der Waals surface area contributed by atoms with Gasteiger partial charge in [-0.2, -0.15) is 8.42 Å². The van der Waals surface area contributed by atoms with Gasteiger partial charge in [0.25, 0.3) is 5.69 Å². The Labute approximate surface area is 109 Å². The molecule has 8 nitrogen and oxygen atoms in total. The van der Waals surface area contributed by atoms with E-state index >= 15 is 0 Å². The molecule has 0 spiro atoms. The van der Waals surface area contributed by atoms with Crippen LogP contribution in [0, 0.1) is 17.0 Å². The van der Waals surface area contributed by atoms with E-state index in [1.54, 1.807) is 0 Å². The van der Waals surface area contributed by atoms with Crippen molar-refractivity contribution in [1.82, 2.24) is 0 Å². The molecule has 9 heteroatoms. The van der Waals surface area contributed by atoms with Crippen molar-refractivity contribution < 1.29 is 22.3 Å². The first-order chi connectivity index (χ1) is 8.60. The largest absolute Gasteiger partial charge is 0.382 e. The molecule has 0 atom stereocenters. The summed E-state index contributed by atoms with van der Waals surface area (Å²) in [5.74, 6) is -0.623. The minimum atomic E-state index is -3.79. The molecule has 0 saturated heterocycles. The van der Waals surface area contributed by atoms with E-state index in [4.69, 9.17) is 0 Å². The topological polar surface area (TPSA) is 116 Å². The summed E-state index contributed by atoms with van der Waals surface area (Å²) >= 11 is 0. The number of hydrogen-bond donors (Lipinski definition) is 1. The zero-order valence-electron chi connectivity index (χ0n) is 10.5. The van der Waals surface area contributed by atoms with Gasteiger partial charge < -0.3 is 9.50 Å². The molecule has 0 heterocycles. The number of benzene rings is 1. The van der Waals surface area contributed by atoms with Gasteiger partial charge in [-0.3, -0.25) is 14.9 Å². The van der Waals surface area contributed by atoms with E-state index < -0.39 is 26.6 Å². The summed E-state index contributed by atoms with van der Waals surface area (Å²) in [4.78, 5) is 21.1. The Bertz CT molecular complexity index is 638. The number of nitrogens with one attached hydrogen (secondary N) is 1. The number of nitro benzene ring substituents is 1. The summed E-state index contributed by atoms with van der Waals surface area (Å²) in [6, 6.07) is 2.24. The van der Waals surface area contributed by atoms with Crippen LogP contribution >= 0.6 is 0 Å². The number of nitro groups is 1. The number of aryl methyl sites for hydroxylation is 1. The van der Waals surface area contributed by atoms with Crippen molar-refractivity contribution >= 4 is 27.4 Å². The first-order valence-corrected chi connectivity index (χ1v) is 6.88. The number of nitrogens with zero attached hydrogens (tertiary/aromatic N) is 1. The average molecular weight is 288 g/mol. The van der Waals surface area contributed by atoms with Crippen LogP contribution in [0.1, 0.15) is 12.5 Å². The molecular formula is C10H12N2O6S. The molecule has 0 bridgehead atoms. The highest BCUT2D eigenvalue weighted by Gasteiger charge is 2.20. The summed E-state index contributed by atoms with van der Waals surface area (Å²) in [5.41, 5.74) is -0.116. The Kier molecular flexibility index (Phi) is 4.10. The minimum Gasteiger partial charge on any atom is -0.382 e. The van der Waals surface area contributed by atoms with Crippen molar-refractivity contribution in [1.29, 1.82) is 0 Å². The Morgan fingerprint density at radius 1 is 1.42 bits per heavy atom. The third-order valence-corrected chi connectivity index (χ3v) is 2.52. The Morgan fingerprint density at radius 2 is 2.00 bits per heavy atom. The maximum absolute atomic E-state index is 11.0. The molecule has 0 aliphatic heterocycles. The first-order valence-electron chi connectivity index (χ1n) is 5.06. The molecule has 0 fully saturated rings. The standard InChI is InChI=1S/C10H12N2O6S/c1-6-4-8(11-7(2)13)9(12(14)15)5-10(6)18-19(3,16)17/h4-5H,1-3H3,(H,11,13). The molecule has 0 aliphatic carbocycles. The molecule has 0 aromatic heterocycles. The second-order valence-corrected chi connectivity index (χ2v) is 5.44. The molecule has 104 valence electrons. The van der Waals surface area contributed by atoms with E-state index in [0.29, 0.717) is 5.56 Å². The van der Waals surface area contributed by atoms with Gasteiger partial charge in [0.2, 0.25) is 5.91 Å². The number of carbonyl (C=O) groups is 1. The van der Waals surface area contributed by atoms with E-state index in [1.165, 1.54) is 19.9 Å². The zero-order valence-corrected chi connectivity index (χ0v) is 11.3. The highest BCUT2D eigenvalue weighted by atomic mass is 32.2. The van der Waals surface area contributed by atoms with Gasteiger partial charge in [-0.1, -0.05) is 0 Å². The van der Waals surface area contributed by atoms with Gasteiger partial charge in [-0.25, -0.2) is 0 Å². The minimum absolute atomic E-state index is 0.0177. The van der Waals surface area contributed by atoms with Gasteiger partial charge in [0.05, 0.1) is 17.2 Å². The monoisotopic (exact) mass is 288 g/mol.